The van der Waals surface area contributed by atoms with Crippen molar-refractivity contribution in [1.29, 1.82) is 0 Å². The number of nitrogens with zero attached hydrogens (tertiary/aromatic N) is 7. The van der Waals surface area contributed by atoms with Gasteiger partial charge in [-0.15, -0.1) is 0 Å². The van der Waals surface area contributed by atoms with E-state index in [-0.39, 0.29) is 5.91 Å². The second-order valence-electron chi connectivity index (χ2n) is 8.93. The normalized spacial score (nSPS) is 13.8. The summed E-state index contributed by atoms with van der Waals surface area (Å²) >= 11 is 0. The highest BCUT2D eigenvalue weighted by Gasteiger charge is 2.23. The number of aromatic nitrogens is 5. The van der Waals surface area contributed by atoms with Crippen molar-refractivity contribution in [2.45, 2.75) is 0 Å². The van der Waals surface area contributed by atoms with Crippen molar-refractivity contribution in [3.05, 3.63) is 91.3 Å². The third kappa shape index (κ3) is 4.17. The van der Waals surface area contributed by atoms with E-state index in [0.717, 1.165) is 57.6 Å². The molecule has 1 saturated heterocycles. The van der Waals surface area contributed by atoms with Gasteiger partial charge in [0.05, 0.1) is 11.7 Å². The highest BCUT2D eigenvalue weighted by Crippen LogP contribution is 2.33. The number of hydrogen-bond acceptors (Lipinski definition) is 6. The van der Waals surface area contributed by atoms with Gasteiger partial charge in [0.2, 0.25) is 0 Å². The van der Waals surface area contributed by atoms with Crippen LogP contribution < -0.4 is 4.90 Å². The second kappa shape index (κ2) is 9.22. The van der Waals surface area contributed by atoms with Gasteiger partial charge in [-0.05, 0) is 47.5 Å². The van der Waals surface area contributed by atoms with Crippen LogP contribution >= 0.6 is 0 Å². The van der Waals surface area contributed by atoms with Crippen molar-refractivity contribution in [3.63, 3.8) is 0 Å². The fourth-order valence-corrected chi connectivity index (χ4v) is 4.69. The lowest BCUT2D eigenvalue weighted by molar-refractivity contribution is 0.0746. The van der Waals surface area contributed by atoms with E-state index >= 15 is 0 Å². The van der Waals surface area contributed by atoms with E-state index in [9.17, 15) is 4.79 Å². The van der Waals surface area contributed by atoms with Gasteiger partial charge in [0, 0.05) is 73.9 Å². The molecule has 0 radical (unpaired) electrons. The molecule has 1 aliphatic rings. The van der Waals surface area contributed by atoms with Crippen molar-refractivity contribution in [2.24, 2.45) is 7.05 Å². The summed E-state index contributed by atoms with van der Waals surface area (Å²) in [6, 6.07) is 17.8. The van der Waals surface area contributed by atoms with E-state index in [4.69, 9.17) is 4.98 Å². The molecule has 2 aromatic carbocycles. The number of pyridine rings is 1. The number of anilines is 1. The average molecular weight is 476 g/mol. The number of fused-ring (bicyclic) bond motifs is 1. The summed E-state index contributed by atoms with van der Waals surface area (Å²) in [5.74, 6) is 0.996. The summed E-state index contributed by atoms with van der Waals surface area (Å²) in [5.41, 5.74) is 5.73. The van der Waals surface area contributed by atoms with Crippen molar-refractivity contribution >= 4 is 22.6 Å². The lowest BCUT2D eigenvalue weighted by atomic mass is 9.97. The summed E-state index contributed by atoms with van der Waals surface area (Å²) in [6.07, 6.45) is 9.18. The van der Waals surface area contributed by atoms with Gasteiger partial charge in [-0.1, -0.05) is 18.2 Å². The zero-order valence-corrected chi connectivity index (χ0v) is 20.0. The van der Waals surface area contributed by atoms with E-state index in [1.807, 2.05) is 67.1 Å². The molecule has 0 saturated carbocycles. The number of carbonyl (C=O) groups excluding carboxylic acids is 1. The Balaban J connectivity index is 1.23. The molecule has 1 fully saturated rings. The van der Waals surface area contributed by atoms with E-state index in [2.05, 4.69) is 44.2 Å². The van der Waals surface area contributed by atoms with Crippen LogP contribution in [0.25, 0.3) is 33.2 Å². The molecule has 178 valence electrons. The quantitative estimate of drug-likeness (QED) is 0.390. The third-order valence-corrected chi connectivity index (χ3v) is 6.63. The minimum atomic E-state index is 0.0844. The predicted octanol–water partition coefficient (Wildman–Crippen LogP) is 4.05. The second-order valence-corrected chi connectivity index (χ2v) is 8.93. The van der Waals surface area contributed by atoms with Crippen molar-refractivity contribution in [1.82, 2.24) is 29.6 Å². The predicted molar refractivity (Wildman–Crippen MR) is 140 cm³/mol. The Kier molecular flexibility index (Phi) is 5.61. The molecule has 0 N–H and O–H groups in total. The van der Waals surface area contributed by atoms with Crippen LogP contribution in [0.2, 0.25) is 0 Å². The molecule has 8 nitrogen and oxygen atoms in total. The Morgan fingerprint density at radius 3 is 2.39 bits per heavy atom. The summed E-state index contributed by atoms with van der Waals surface area (Å²) in [4.78, 5) is 30.4. The number of benzene rings is 2. The van der Waals surface area contributed by atoms with Crippen LogP contribution in [0.5, 0.6) is 0 Å². The standard InChI is InChI=1S/C28H25N7O/c1-33-18-23(16-32-33)22-13-24(25-17-29-19-31-26(25)14-22)21-7-8-27(30-15-21)34-9-11-35(12-10-34)28(36)20-5-3-2-4-6-20/h2-8,13-19H,9-12H2,1H3. The minimum absolute atomic E-state index is 0.0844. The molecule has 36 heavy (non-hydrogen) atoms. The van der Waals surface area contributed by atoms with E-state index in [1.165, 1.54) is 0 Å². The molecule has 0 atom stereocenters. The number of rotatable bonds is 4. The fraction of sp³-hybridized carbons (Fsp3) is 0.179. The van der Waals surface area contributed by atoms with Crippen LogP contribution in [0.1, 0.15) is 10.4 Å². The van der Waals surface area contributed by atoms with Crippen LogP contribution in [-0.2, 0) is 7.05 Å². The van der Waals surface area contributed by atoms with Crippen molar-refractivity contribution in [2.75, 3.05) is 31.1 Å². The molecule has 1 aliphatic heterocycles. The first kappa shape index (κ1) is 21.9. The molecule has 0 spiro atoms. The van der Waals surface area contributed by atoms with E-state index < -0.39 is 0 Å². The molecule has 0 aliphatic carbocycles. The lowest BCUT2D eigenvalue weighted by Crippen LogP contribution is -2.49. The first-order chi connectivity index (χ1) is 17.7. The monoisotopic (exact) mass is 475 g/mol. The zero-order chi connectivity index (χ0) is 24.5. The maximum absolute atomic E-state index is 12.8. The van der Waals surface area contributed by atoms with Gasteiger partial charge in [-0.2, -0.15) is 5.10 Å². The molecule has 0 bridgehead atoms. The molecule has 5 aromatic rings. The van der Waals surface area contributed by atoms with Gasteiger partial charge in [-0.25, -0.2) is 15.0 Å². The Morgan fingerprint density at radius 2 is 1.67 bits per heavy atom. The number of piperazine rings is 1. The third-order valence-electron chi connectivity index (χ3n) is 6.63. The number of hydrogen-bond donors (Lipinski definition) is 0. The summed E-state index contributed by atoms with van der Waals surface area (Å²) < 4.78 is 1.79. The molecule has 1 amide bonds. The van der Waals surface area contributed by atoms with Crippen molar-refractivity contribution in [3.8, 4) is 22.3 Å². The van der Waals surface area contributed by atoms with Gasteiger partial charge < -0.3 is 9.80 Å². The Morgan fingerprint density at radius 1 is 0.833 bits per heavy atom. The number of aryl methyl sites for hydroxylation is 1. The number of amides is 1. The Bertz CT molecular complexity index is 1520. The molecule has 6 rings (SSSR count). The highest BCUT2D eigenvalue weighted by molar-refractivity contribution is 5.97. The van der Waals surface area contributed by atoms with Crippen LogP contribution in [0.3, 0.4) is 0 Å². The van der Waals surface area contributed by atoms with E-state index in [0.29, 0.717) is 13.1 Å². The Labute approximate surface area is 208 Å². The summed E-state index contributed by atoms with van der Waals surface area (Å²) in [6.45, 7) is 2.84. The summed E-state index contributed by atoms with van der Waals surface area (Å²) in [7, 11) is 1.91. The van der Waals surface area contributed by atoms with Crippen molar-refractivity contribution < 1.29 is 4.79 Å². The van der Waals surface area contributed by atoms with Gasteiger partial charge >= 0.3 is 0 Å². The average Bonchev–Trinajstić information content (AvgIpc) is 3.39. The maximum Gasteiger partial charge on any atom is 0.253 e. The molecule has 3 aromatic heterocycles. The highest BCUT2D eigenvalue weighted by atomic mass is 16.2. The SMILES string of the molecule is Cn1cc(-c2cc(-c3ccc(N4CCN(C(=O)c5ccccc5)CC4)nc3)c3cncnc3c2)cn1. The van der Waals surface area contributed by atoms with Crippen LogP contribution in [-0.4, -0.2) is 61.7 Å². The first-order valence-electron chi connectivity index (χ1n) is 11.9. The Hall–Kier alpha value is -4.59. The molecular weight excluding hydrogens is 450 g/mol. The van der Waals surface area contributed by atoms with Gasteiger partial charge in [0.15, 0.2) is 0 Å². The van der Waals surface area contributed by atoms with Gasteiger partial charge in [0.25, 0.3) is 5.91 Å². The lowest BCUT2D eigenvalue weighted by Gasteiger charge is -2.35. The first-order valence-corrected chi connectivity index (χ1v) is 11.9. The number of carbonyl (C=O) groups is 1. The van der Waals surface area contributed by atoms with E-state index in [1.54, 1.807) is 11.0 Å². The van der Waals surface area contributed by atoms with Crippen LogP contribution in [0.4, 0.5) is 5.82 Å². The zero-order valence-electron chi connectivity index (χ0n) is 20.0. The maximum atomic E-state index is 12.8. The molecular formula is C28H25N7O. The van der Waals surface area contributed by atoms with Gasteiger partial charge in [-0.3, -0.25) is 9.48 Å². The van der Waals surface area contributed by atoms with Crippen LogP contribution in [0.15, 0.2) is 85.7 Å². The smallest absolute Gasteiger partial charge is 0.253 e. The minimum Gasteiger partial charge on any atom is -0.353 e. The molecule has 8 heteroatoms. The van der Waals surface area contributed by atoms with Gasteiger partial charge in [0.1, 0.15) is 12.1 Å². The largest absolute Gasteiger partial charge is 0.353 e. The molecule has 4 heterocycles. The summed E-state index contributed by atoms with van der Waals surface area (Å²) in [5, 5.41) is 5.29. The fourth-order valence-electron chi connectivity index (χ4n) is 4.69. The van der Waals surface area contributed by atoms with Crippen LogP contribution in [0, 0.1) is 0 Å². The topological polar surface area (TPSA) is 80.0 Å². The molecule has 0 unspecified atom stereocenters.